The van der Waals surface area contributed by atoms with Crippen molar-refractivity contribution in [3.8, 4) is 39.1 Å². The summed E-state index contributed by atoms with van der Waals surface area (Å²) in [5, 5.41) is 2.60. The van der Waals surface area contributed by atoms with Crippen LogP contribution in [-0.4, -0.2) is 0 Å². The van der Waals surface area contributed by atoms with Gasteiger partial charge in [0.15, 0.2) is 0 Å². The van der Waals surface area contributed by atoms with Crippen molar-refractivity contribution in [1.29, 1.82) is 0 Å². The Kier molecular flexibility index (Phi) is 7.45. The molecule has 0 saturated heterocycles. The van der Waals surface area contributed by atoms with Gasteiger partial charge >= 0.3 is 0 Å². The molecule has 0 saturated carbocycles. The van der Waals surface area contributed by atoms with E-state index in [0.29, 0.717) is 0 Å². The highest BCUT2D eigenvalue weighted by Gasteiger charge is 2.38. The molecule has 258 valence electrons. The lowest BCUT2D eigenvalue weighted by atomic mass is 9.90. The van der Waals surface area contributed by atoms with Crippen LogP contribution in [0.4, 0.5) is 11.4 Å². The van der Waals surface area contributed by atoms with Gasteiger partial charge in [-0.2, -0.15) is 0 Å². The first-order valence-corrected chi connectivity index (χ1v) is 20.4. The largest absolute Gasteiger partial charge is 0.461 e. The van der Waals surface area contributed by atoms with Gasteiger partial charge in [-0.25, -0.2) is 0 Å². The standard InChI is InChI=1S/C49H33NOS3/c1-29-12-2-3-13-33(29)38-18-10-16-34(48(38)52)30-24-31(35-17-11-19-39-37-15-5-8-22-45(37)54-49(35)39)26-32(25-30)50-41-20-6-9-23-46(41)53-47-27-40-36-14-4-7-21-43(36)51-44(40)28-42(47)50/h2-26,28,40,52H,27H2,1H3. The van der Waals surface area contributed by atoms with Crippen molar-refractivity contribution >= 4 is 67.3 Å². The number of rotatable bonds is 4. The fraction of sp³-hybridized carbons (Fsp3) is 0.0612. The molecule has 11 rings (SSSR count). The molecule has 1 atom stereocenters. The Hall–Kier alpha value is -5.46. The Morgan fingerprint density at radius 1 is 0.667 bits per heavy atom. The number of benzene rings is 7. The molecule has 3 aliphatic rings. The Morgan fingerprint density at radius 3 is 2.30 bits per heavy atom. The molecule has 0 radical (unpaired) electrons. The zero-order valence-electron chi connectivity index (χ0n) is 29.4. The fourth-order valence-electron chi connectivity index (χ4n) is 8.51. The Labute approximate surface area is 328 Å². The van der Waals surface area contributed by atoms with Crippen LogP contribution in [0.5, 0.6) is 5.75 Å². The van der Waals surface area contributed by atoms with Crippen molar-refractivity contribution in [1.82, 2.24) is 0 Å². The van der Waals surface area contributed by atoms with Crippen LogP contribution in [0.2, 0.25) is 0 Å². The zero-order chi connectivity index (χ0) is 35.9. The quantitative estimate of drug-likeness (QED) is 0.180. The maximum Gasteiger partial charge on any atom is 0.130 e. The van der Waals surface area contributed by atoms with E-state index >= 15 is 0 Å². The highest BCUT2D eigenvalue weighted by Crippen LogP contribution is 2.56. The number of hydrogen-bond acceptors (Lipinski definition) is 5. The van der Waals surface area contributed by atoms with E-state index in [4.69, 9.17) is 17.4 Å². The predicted octanol–water partition coefficient (Wildman–Crippen LogP) is 14.6. The van der Waals surface area contributed by atoms with Crippen molar-refractivity contribution in [2.24, 2.45) is 0 Å². The lowest BCUT2D eigenvalue weighted by molar-refractivity contribution is 0.423. The summed E-state index contributed by atoms with van der Waals surface area (Å²) in [4.78, 5) is 6.07. The summed E-state index contributed by atoms with van der Waals surface area (Å²) >= 11 is 9.07. The van der Waals surface area contributed by atoms with Gasteiger partial charge in [-0.05, 0) is 94.8 Å². The van der Waals surface area contributed by atoms with Gasteiger partial charge in [-0.1, -0.05) is 121 Å². The van der Waals surface area contributed by atoms with Crippen LogP contribution in [-0.2, 0) is 0 Å². The van der Waals surface area contributed by atoms with E-state index in [9.17, 15) is 0 Å². The average Bonchev–Trinajstić information content (AvgIpc) is 3.77. The number of thioether (sulfide) groups is 1. The Bertz CT molecular complexity index is 2920. The van der Waals surface area contributed by atoms with Crippen LogP contribution >= 0.6 is 35.7 Å². The molecule has 0 N–H and O–H groups in total. The lowest BCUT2D eigenvalue weighted by Crippen LogP contribution is -2.24. The molecule has 1 unspecified atom stereocenters. The van der Waals surface area contributed by atoms with Gasteiger partial charge in [0, 0.05) is 52.2 Å². The number of thiophene rings is 1. The van der Waals surface area contributed by atoms with Crippen LogP contribution in [0.3, 0.4) is 0 Å². The molecule has 3 heterocycles. The lowest BCUT2D eigenvalue weighted by Gasteiger charge is -2.37. The second-order valence-corrected chi connectivity index (χ2v) is 16.9. The minimum Gasteiger partial charge on any atom is -0.461 e. The van der Waals surface area contributed by atoms with Crippen LogP contribution < -0.4 is 9.64 Å². The van der Waals surface area contributed by atoms with Crippen LogP contribution in [0.25, 0.3) is 53.6 Å². The first kappa shape index (κ1) is 32.0. The van der Waals surface area contributed by atoms with Gasteiger partial charge in [-0.15, -0.1) is 24.0 Å². The molecule has 1 aliphatic carbocycles. The molecule has 0 amide bonds. The highest BCUT2D eigenvalue weighted by atomic mass is 32.2. The third kappa shape index (κ3) is 5.03. The van der Waals surface area contributed by atoms with E-state index in [1.54, 1.807) is 0 Å². The summed E-state index contributed by atoms with van der Waals surface area (Å²) in [5.41, 5.74) is 13.0. The van der Waals surface area contributed by atoms with E-state index in [2.05, 4.69) is 170 Å². The van der Waals surface area contributed by atoms with E-state index in [1.165, 1.54) is 69.2 Å². The zero-order valence-corrected chi connectivity index (χ0v) is 31.9. The summed E-state index contributed by atoms with van der Waals surface area (Å²) in [6, 6.07) is 55.1. The van der Waals surface area contributed by atoms with E-state index in [-0.39, 0.29) is 5.92 Å². The van der Waals surface area contributed by atoms with Gasteiger partial charge in [-0.3, -0.25) is 0 Å². The third-order valence-corrected chi connectivity index (χ3v) is 14.0. The van der Waals surface area contributed by atoms with Crippen molar-refractivity contribution in [3.63, 3.8) is 0 Å². The molecule has 8 aromatic rings. The Balaban J connectivity index is 1.15. The molecule has 2 aliphatic heterocycles. The van der Waals surface area contributed by atoms with Gasteiger partial charge in [0.05, 0.1) is 17.3 Å². The second kappa shape index (κ2) is 12.6. The number of anilines is 2. The van der Waals surface area contributed by atoms with Crippen LogP contribution in [0.15, 0.2) is 184 Å². The van der Waals surface area contributed by atoms with Crippen molar-refractivity contribution < 1.29 is 4.74 Å². The monoisotopic (exact) mass is 747 g/mol. The maximum absolute atomic E-state index is 6.56. The van der Waals surface area contributed by atoms with Crippen molar-refractivity contribution in [2.75, 3.05) is 4.90 Å². The van der Waals surface area contributed by atoms with E-state index < -0.39 is 0 Å². The number of aryl methyl sites for hydroxylation is 1. The number of fused-ring (bicyclic) bond motifs is 7. The molecule has 0 bridgehead atoms. The molecule has 2 nitrogen and oxygen atoms in total. The van der Waals surface area contributed by atoms with Crippen molar-refractivity contribution in [3.05, 3.63) is 185 Å². The topological polar surface area (TPSA) is 12.5 Å². The number of allylic oxidation sites excluding steroid dienone is 3. The molecule has 7 aromatic carbocycles. The number of para-hydroxylation sites is 2. The minimum atomic E-state index is 0.225. The summed E-state index contributed by atoms with van der Waals surface area (Å²) in [5.74, 6) is 2.22. The van der Waals surface area contributed by atoms with Gasteiger partial charge in [0.1, 0.15) is 11.5 Å². The van der Waals surface area contributed by atoms with Gasteiger partial charge < -0.3 is 9.64 Å². The number of nitrogens with zero attached hydrogens (tertiary/aromatic N) is 1. The minimum absolute atomic E-state index is 0.225. The molecule has 5 heteroatoms. The first-order chi connectivity index (χ1) is 26.6. The molecule has 0 spiro atoms. The smallest absolute Gasteiger partial charge is 0.130 e. The molecule has 1 aromatic heterocycles. The number of ether oxygens (including phenoxy) is 1. The predicted molar refractivity (Wildman–Crippen MR) is 232 cm³/mol. The Morgan fingerprint density at radius 2 is 1.37 bits per heavy atom. The molecular weight excluding hydrogens is 715 g/mol. The van der Waals surface area contributed by atoms with Crippen LogP contribution in [0, 0.1) is 6.92 Å². The summed E-state index contributed by atoms with van der Waals surface area (Å²) < 4.78 is 9.16. The van der Waals surface area contributed by atoms with Crippen LogP contribution in [0.1, 0.15) is 23.5 Å². The highest BCUT2D eigenvalue weighted by molar-refractivity contribution is 8.03. The molecule has 54 heavy (non-hydrogen) atoms. The van der Waals surface area contributed by atoms with Gasteiger partial charge in [0.2, 0.25) is 0 Å². The van der Waals surface area contributed by atoms with Crippen molar-refractivity contribution in [2.45, 2.75) is 29.1 Å². The normalized spacial score (nSPS) is 15.8. The van der Waals surface area contributed by atoms with Gasteiger partial charge in [0.25, 0.3) is 0 Å². The number of thiol groups is 1. The summed E-state index contributed by atoms with van der Waals surface area (Å²) in [6.45, 7) is 2.17. The molecular formula is C49H33NOS3. The molecule has 0 fully saturated rings. The summed E-state index contributed by atoms with van der Waals surface area (Å²) in [7, 11) is 0. The summed E-state index contributed by atoms with van der Waals surface area (Å²) in [6.07, 6.45) is 3.20. The second-order valence-electron chi connectivity index (χ2n) is 14.2. The van der Waals surface area contributed by atoms with E-state index in [1.807, 2.05) is 23.1 Å². The SMILES string of the molecule is Cc1ccccc1-c1cccc(-c2cc(-c3cccc4c3sc3ccccc34)cc(N3C4=C(CC5C(=C4)Oc4ccccc45)Sc4ccccc43)c2)c1S. The number of hydrogen-bond donors (Lipinski definition) is 1. The first-order valence-electron chi connectivity index (χ1n) is 18.3. The third-order valence-electron chi connectivity index (χ3n) is 11.1. The maximum atomic E-state index is 6.56. The average molecular weight is 748 g/mol. The fourth-order valence-corrected chi connectivity index (χ4v) is 11.3. The van der Waals surface area contributed by atoms with E-state index in [0.717, 1.165) is 45.2 Å².